The van der Waals surface area contributed by atoms with E-state index in [0.29, 0.717) is 39.6 Å². The molecule has 0 spiro atoms. The highest BCUT2D eigenvalue weighted by atomic mass is 33.7. The van der Waals surface area contributed by atoms with Gasteiger partial charge in [-0.1, -0.05) is 0 Å². The normalized spacial score (nSPS) is 14.1. The summed E-state index contributed by atoms with van der Waals surface area (Å²) in [6.45, 7) is 15.8. The monoisotopic (exact) mass is 716 g/mol. The lowest BCUT2D eigenvalue weighted by Gasteiger charge is -2.28. The quantitative estimate of drug-likeness (QED) is 0.0386. The van der Waals surface area contributed by atoms with Gasteiger partial charge in [0.05, 0.1) is 8.64 Å². The Morgan fingerprint density at radius 3 is 1.02 bits per heavy atom. The molecular formula is C24H56N2O6S6Si2. The predicted octanol–water partition coefficient (Wildman–Crippen LogP) is 6.77. The highest BCUT2D eigenvalue weighted by Gasteiger charge is 2.40. The van der Waals surface area contributed by atoms with Crippen LogP contribution >= 0.6 is 63.9 Å². The van der Waals surface area contributed by atoms with Crippen molar-refractivity contribution in [1.29, 1.82) is 0 Å². The van der Waals surface area contributed by atoms with Crippen LogP contribution in [0.3, 0.4) is 0 Å². The van der Waals surface area contributed by atoms with E-state index in [1.165, 1.54) is 31.3 Å². The molecular weight excluding hydrogens is 661 g/mol. The summed E-state index contributed by atoms with van der Waals surface area (Å²) in [5.74, 6) is 2.12. The van der Waals surface area contributed by atoms with Gasteiger partial charge < -0.3 is 26.6 Å². The molecule has 0 aromatic heterocycles. The molecule has 0 rings (SSSR count). The summed E-state index contributed by atoms with van der Waals surface area (Å²) in [4.78, 5) is 4.45. The fourth-order valence-corrected chi connectivity index (χ4v) is 19.5. The van der Waals surface area contributed by atoms with E-state index in [0.717, 1.165) is 36.4 Å². The van der Waals surface area contributed by atoms with Crippen LogP contribution in [-0.2, 0) is 26.6 Å². The van der Waals surface area contributed by atoms with Crippen LogP contribution in [0.1, 0.15) is 54.4 Å². The van der Waals surface area contributed by atoms with Gasteiger partial charge in [0.25, 0.3) is 0 Å². The summed E-state index contributed by atoms with van der Waals surface area (Å²) >= 11 is 2.65. The second-order valence-corrected chi connectivity index (χ2v) is 22.7. The van der Waals surface area contributed by atoms with Gasteiger partial charge in [-0.15, -0.1) is 0 Å². The molecule has 0 aliphatic rings. The lowest BCUT2D eigenvalue weighted by molar-refractivity contribution is 0.0704. The van der Waals surface area contributed by atoms with E-state index < -0.39 is 17.6 Å². The van der Waals surface area contributed by atoms with Crippen LogP contribution in [-0.4, -0.2) is 115 Å². The third-order valence-corrected chi connectivity index (χ3v) is 21.7. The Morgan fingerprint density at radius 2 is 0.800 bits per heavy atom. The van der Waals surface area contributed by atoms with Crippen LogP contribution in [0.25, 0.3) is 0 Å². The SMILES string of the molecule is CCO[Si](CCC[SH]=C(SSSSC(=[SH]CCC[Si](OCC)(OCC)OCC)N(C)C)N(C)C)(OCC)OCC. The first kappa shape index (κ1) is 42.0. The van der Waals surface area contributed by atoms with Crippen molar-refractivity contribution >= 4 is 90.2 Å². The highest BCUT2D eigenvalue weighted by molar-refractivity contribution is 9.29. The molecule has 0 atom stereocenters. The largest absolute Gasteiger partial charge is 0.500 e. The smallest absolute Gasteiger partial charge is 0.374 e. The van der Waals surface area contributed by atoms with E-state index in [9.17, 15) is 0 Å². The zero-order valence-electron chi connectivity index (χ0n) is 26.4. The van der Waals surface area contributed by atoms with Crippen LogP contribution < -0.4 is 0 Å². The Bertz CT molecular complexity index is 608. The standard InChI is InChI=1S/C24H56N2O6S6Si2/c1-11-27-39(28-12-2,29-13-3)21-17-19-33-23(25(7)8)35-37-38-36-24(26(9)10)34-20-18-22-40(30-14-4,31-15-5)32-16-6/h33-34H,11-22H2,1-10H3. The van der Waals surface area contributed by atoms with E-state index in [-0.39, 0.29) is 0 Å². The maximum atomic E-state index is 6.01. The fourth-order valence-electron chi connectivity index (χ4n) is 3.52. The second-order valence-electron chi connectivity index (χ2n) is 8.59. The van der Waals surface area contributed by atoms with E-state index in [1.807, 2.05) is 82.8 Å². The van der Waals surface area contributed by atoms with E-state index in [1.54, 1.807) is 0 Å². The summed E-state index contributed by atoms with van der Waals surface area (Å²) in [6, 6.07) is 1.73. The number of nitrogens with zero attached hydrogens (tertiary/aromatic N) is 2. The van der Waals surface area contributed by atoms with Gasteiger partial charge in [0.15, 0.2) is 0 Å². The van der Waals surface area contributed by atoms with Crippen LogP contribution in [0.5, 0.6) is 0 Å². The van der Waals surface area contributed by atoms with E-state index in [4.69, 9.17) is 26.6 Å². The molecule has 0 aliphatic heterocycles. The summed E-state index contributed by atoms with van der Waals surface area (Å²) in [5, 5.41) is 0. The molecule has 8 nitrogen and oxygen atoms in total. The first-order chi connectivity index (χ1) is 19.2. The molecule has 0 amide bonds. The van der Waals surface area contributed by atoms with Gasteiger partial charge in [0, 0.05) is 51.7 Å². The Kier molecular flexibility index (Phi) is 27.5. The van der Waals surface area contributed by atoms with Crippen molar-refractivity contribution in [3.8, 4) is 0 Å². The van der Waals surface area contributed by atoms with Crippen molar-refractivity contribution in [2.45, 2.75) is 66.5 Å². The molecule has 0 aliphatic carbocycles. The predicted molar refractivity (Wildman–Crippen MR) is 196 cm³/mol. The average molecular weight is 717 g/mol. The van der Waals surface area contributed by atoms with Gasteiger partial charge >= 0.3 is 17.6 Å². The van der Waals surface area contributed by atoms with Crippen molar-refractivity contribution in [1.82, 2.24) is 9.80 Å². The minimum atomic E-state index is -2.56. The average Bonchev–Trinajstić information content (AvgIpc) is 2.89. The van der Waals surface area contributed by atoms with Crippen molar-refractivity contribution < 1.29 is 26.6 Å². The van der Waals surface area contributed by atoms with Gasteiger partial charge in [-0.2, -0.15) is 22.7 Å². The van der Waals surface area contributed by atoms with E-state index in [2.05, 4.69) is 38.0 Å². The highest BCUT2D eigenvalue weighted by Crippen LogP contribution is 2.45. The molecule has 242 valence electrons. The van der Waals surface area contributed by atoms with Crippen molar-refractivity contribution in [2.24, 2.45) is 0 Å². The second kappa shape index (κ2) is 26.2. The minimum Gasteiger partial charge on any atom is -0.374 e. The molecule has 16 heteroatoms. The van der Waals surface area contributed by atoms with E-state index >= 15 is 0 Å². The number of thiol groups is 2. The van der Waals surface area contributed by atoms with Crippen LogP contribution in [0, 0.1) is 0 Å². The Balaban J connectivity index is 4.85. The maximum Gasteiger partial charge on any atom is 0.500 e. The molecule has 0 N–H and O–H groups in total. The number of hydrogen-bond acceptors (Lipinski definition) is 10. The number of hydrogen-bond donors (Lipinski definition) is 2. The van der Waals surface area contributed by atoms with Gasteiger partial charge in [-0.05, 0) is 135 Å². The third-order valence-electron chi connectivity index (χ3n) is 4.97. The molecule has 0 aromatic rings. The zero-order chi connectivity index (χ0) is 30.3. The minimum absolute atomic E-state index is 0.627. The van der Waals surface area contributed by atoms with Crippen LogP contribution in [0.2, 0.25) is 12.1 Å². The van der Waals surface area contributed by atoms with Crippen LogP contribution in [0.15, 0.2) is 0 Å². The van der Waals surface area contributed by atoms with Gasteiger partial charge in [-0.3, -0.25) is 9.80 Å². The summed E-state index contributed by atoms with van der Waals surface area (Å²) < 4.78 is 38.7. The Labute approximate surface area is 270 Å². The van der Waals surface area contributed by atoms with Gasteiger partial charge in [-0.25, -0.2) is 0 Å². The van der Waals surface area contributed by atoms with Crippen molar-refractivity contribution in [3.05, 3.63) is 0 Å². The number of rotatable bonds is 23. The first-order valence-electron chi connectivity index (χ1n) is 14.1. The Hall–Kier alpha value is 1.95. The molecule has 0 heterocycles. The van der Waals surface area contributed by atoms with Gasteiger partial charge in [0.2, 0.25) is 0 Å². The molecule has 0 bridgehead atoms. The van der Waals surface area contributed by atoms with Gasteiger partial charge in [0.1, 0.15) is 0 Å². The molecule has 0 fully saturated rings. The molecule has 0 saturated carbocycles. The van der Waals surface area contributed by atoms with Crippen molar-refractivity contribution in [2.75, 3.05) is 79.3 Å². The maximum absolute atomic E-state index is 6.01. The van der Waals surface area contributed by atoms with Crippen LogP contribution in [0.4, 0.5) is 0 Å². The van der Waals surface area contributed by atoms with Crippen molar-refractivity contribution in [3.63, 3.8) is 0 Å². The molecule has 0 unspecified atom stereocenters. The Morgan fingerprint density at radius 1 is 0.525 bits per heavy atom. The molecule has 40 heavy (non-hydrogen) atoms. The fraction of sp³-hybridized carbons (Fsp3) is 0.917. The lowest BCUT2D eigenvalue weighted by Crippen LogP contribution is -2.46. The molecule has 0 radical (unpaired) electrons. The first-order valence-corrected chi connectivity index (χ1v) is 25.0. The topological polar surface area (TPSA) is 61.9 Å². The summed E-state index contributed by atoms with van der Waals surface area (Å²) in [7, 11) is 10.7. The lowest BCUT2D eigenvalue weighted by atomic mass is 10.6. The third kappa shape index (κ3) is 18.7. The molecule has 0 saturated heterocycles. The summed E-state index contributed by atoms with van der Waals surface area (Å²) in [6.07, 6.45) is 2.05. The summed E-state index contributed by atoms with van der Waals surface area (Å²) in [5.41, 5.74) is 0. The zero-order valence-corrected chi connectivity index (χ0v) is 33.4. The molecule has 0 aromatic carbocycles.